The molecular formula is C18H26N4O3. The molecule has 136 valence electrons. The predicted octanol–water partition coefficient (Wildman–Crippen LogP) is 3.24. The number of aryl methyl sites for hydroxylation is 1. The molecule has 2 atom stereocenters. The number of ether oxygens (including phenoxy) is 2. The Labute approximate surface area is 147 Å². The van der Waals surface area contributed by atoms with Crippen LogP contribution in [0, 0.1) is 0 Å². The lowest BCUT2D eigenvalue weighted by atomic mass is 9.84. The Morgan fingerprint density at radius 1 is 1.20 bits per heavy atom. The van der Waals surface area contributed by atoms with Gasteiger partial charge in [0.25, 0.3) is 0 Å². The number of nitrogens with zero attached hydrogens (tertiary/aromatic N) is 4. The fraction of sp³-hybridized carbons (Fsp3) is 0.722. The summed E-state index contributed by atoms with van der Waals surface area (Å²) >= 11 is 0. The molecule has 3 heterocycles. The van der Waals surface area contributed by atoms with Crippen molar-refractivity contribution < 1.29 is 13.9 Å². The van der Waals surface area contributed by atoms with Crippen LogP contribution >= 0.6 is 0 Å². The molecule has 1 aliphatic heterocycles. The third-order valence-corrected chi connectivity index (χ3v) is 5.67. The maximum atomic E-state index is 6.17. The van der Waals surface area contributed by atoms with Crippen LogP contribution in [0.2, 0.25) is 0 Å². The van der Waals surface area contributed by atoms with Crippen LogP contribution in [0.5, 0.6) is 0 Å². The van der Waals surface area contributed by atoms with Gasteiger partial charge in [-0.25, -0.2) is 0 Å². The first-order chi connectivity index (χ1) is 12.2. The van der Waals surface area contributed by atoms with E-state index in [2.05, 4.69) is 15.3 Å². The molecule has 0 amide bonds. The SMILES string of the molecule is COC1(c2nnc([C@@H]3CCCO[C@H]3c3ccnn3C)o2)CCCCC1. The smallest absolute Gasteiger partial charge is 0.248 e. The zero-order chi connectivity index (χ0) is 17.3. The quantitative estimate of drug-likeness (QED) is 0.846. The van der Waals surface area contributed by atoms with E-state index in [4.69, 9.17) is 13.9 Å². The van der Waals surface area contributed by atoms with E-state index in [-0.39, 0.29) is 12.0 Å². The van der Waals surface area contributed by atoms with Crippen LogP contribution in [-0.2, 0) is 22.1 Å². The summed E-state index contributed by atoms with van der Waals surface area (Å²) in [5.41, 5.74) is 0.629. The zero-order valence-electron chi connectivity index (χ0n) is 15.0. The summed E-state index contributed by atoms with van der Waals surface area (Å²) in [4.78, 5) is 0. The van der Waals surface area contributed by atoms with Crippen LogP contribution in [0.25, 0.3) is 0 Å². The molecular weight excluding hydrogens is 320 g/mol. The van der Waals surface area contributed by atoms with Gasteiger partial charge in [-0.1, -0.05) is 19.3 Å². The molecule has 7 heteroatoms. The minimum atomic E-state index is -0.416. The van der Waals surface area contributed by atoms with Crippen molar-refractivity contribution in [3.63, 3.8) is 0 Å². The van der Waals surface area contributed by atoms with E-state index in [1.54, 1.807) is 13.3 Å². The minimum Gasteiger partial charge on any atom is -0.422 e. The Morgan fingerprint density at radius 3 is 2.76 bits per heavy atom. The molecule has 1 saturated carbocycles. The monoisotopic (exact) mass is 346 g/mol. The molecule has 1 aliphatic carbocycles. The number of methoxy groups -OCH3 is 1. The highest BCUT2D eigenvalue weighted by molar-refractivity contribution is 5.13. The lowest BCUT2D eigenvalue weighted by Crippen LogP contribution is -2.31. The molecule has 4 rings (SSSR count). The van der Waals surface area contributed by atoms with E-state index in [0.29, 0.717) is 11.8 Å². The standard InChI is InChI=1S/C18H26N4O3/c1-22-14(8-11-19-22)15-13(7-6-12-24-15)16-20-21-17(25-16)18(23-2)9-4-3-5-10-18/h8,11,13,15H,3-7,9-10,12H2,1-2H3/t13-,15-/m1/s1. The van der Waals surface area contributed by atoms with Crippen LogP contribution in [0.3, 0.4) is 0 Å². The third kappa shape index (κ3) is 3.00. The van der Waals surface area contributed by atoms with Crippen LogP contribution in [0.1, 0.15) is 74.4 Å². The van der Waals surface area contributed by atoms with Crippen molar-refractivity contribution in [3.05, 3.63) is 29.7 Å². The van der Waals surface area contributed by atoms with Gasteiger partial charge in [-0.3, -0.25) is 4.68 Å². The molecule has 0 spiro atoms. The number of hydrogen-bond acceptors (Lipinski definition) is 6. The summed E-state index contributed by atoms with van der Waals surface area (Å²) in [6.07, 6.45) is 9.06. The van der Waals surface area contributed by atoms with Crippen LogP contribution in [0.15, 0.2) is 16.7 Å². The van der Waals surface area contributed by atoms with Crippen molar-refractivity contribution in [3.8, 4) is 0 Å². The first-order valence-electron chi connectivity index (χ1n) is 9.22. The van der Waals surface area contributed by atoms with E-state index in [1.807, 2.05) is 17.8 Å². The summed E-state index contributed by atoms with van der Waals surface area (Å²) in [7, 11) is 3.68. The van der Waals surface area contributed by atoms with Crippen LogP contribution in [0.4, 0.5) is 0 Å². The van der Waals surface area contributed by atoms with Crippen LogP contribution < -0.4 is 0 Å². The molecule has 2 aromatic rings. The third-order valence-electron chi connectivity index (χ3n) is 5.67. The lowest BCUT2D eigenvalue weighted by molar-refractivity contribution is -0.0666. The molecule has 2 aliphatic rings. The molecule has 1 saturated heterocycles. The highest BCUT2D eigenvalue weighted by Gasteiger charge is 2.41. The lowest BCUT2D eigenvalue weighted by Gasteiger charge is -2.32. The van der Waals surface area contributed by atoms with E-state index in [1.165, 1.54) is 6.42 Å². The Kier molecular flexibility index (Phi) is 4.60. The summed E-state index contributed by atoms with van der Waals surface area (Å²) in [5.74, 6) is 1.34. The van der Waals surface area contributed by atoms with Crippen molar-refractivity contribution in [1.82, 2.24) is 20.0 Å². The number of rotatable bonds is 4. The number of hydrogen-bond donors (Lipinski definition) is 0. The second kappa shape index (κ2) is 6.88. The first kappa shape index (κ1) is 16.7. The largest absolute Gasteiger partial charge is 0.422 e. The average Bonchev–Trinajstić information content (AvgIpc) is 3.32. The highest BCUT2D eigenvalue weighted by Crippen LogP contribution is 2.43. The molecule has 25 heavy (non-hydrogen) atoms. The van der Waals surface area contributed by atoms with E-state index in [9.17, 15) is 0 Å². The maximum absolute atomic E-state index is 6.17. The van der Waals surface area contributed by atoms with Gasteiger partial charge in [0.2, 0.25) is 11.8 Å². The second-order valence-corrected chi connectivity index (χ2v) is 7.12. The van der Waals surface area contributed by atoms with Crippen molar-refractivity contribution in [1.29, 1.82) is 0 Å². The zero-order valence-corrected chi connectivity index (χ0v) is 15.0. The molecule has 7 nitrogen and oxygen atoms in total. The Hall–Kier alpha value is -1.73. The van der Waals surface area contributed by atoms with Crippen molar-refractivity contribution in [2.24, 2.45) is 7.05 Å². The molecule has 2 fully saturated rings. The fourth-order valence-corrected chi connectivity index (χ4v) is 4.19. The van der Waals surface area contributed by atoms with E-state index in [0.717, 1.165) is 50.8 Å². The van der Waals surface area contributed by atoms with Gasteiger partial charge in [0.1, 0.15) is 11.7 Å². The first-order valence-corrected chi connectivity index (χ1v) is 9.22. The Morgan fingerprint density at radius 2 is 2.04 bits per heavy atom. The topological polar surface area (TPSA) is 75.2 Å². The van der Waals surface area contributed by atoms with E-state index < -0.39 is 5.60 Å². The Bertz CT molecular complexity index is 705. The fourth-order valence-electron chi connectivity index (χ4n) is 4.19. The van der Waals surface area contributed by atoms with Gasteiger partial charge in [-0.2, -0.15) is 5.10 Å². The van der Waals surface area contributed by atoms with Crippen molar-refractivity contribution >= 4 is 0 Å². The molecule has 0 unspecified atom stereocenters. The highest BCUT2D eigenvalue weighted by atomic mass is 16.5. The molecule has 2 aromatic heterocycles. The van der Waals surface area contributed by atoms with Gasteiger partial charge in [0.15, 0.2) is 0 Å². The summed E-state index contributed by atoms with van der Waals surface area (Å²) < 4.78 is 19.9. The maximum Gasteiger partial charge on any atom is 0.248 e. The van der Waals surface area contributed by atoms with Gasteiger partial charge in [-0.15, -0.1) is 10.2 Å². The molecule has 0 radical (unpaired) electrons. The summed E-state index contributed by atoms with van der Waals surface area (Å²) in [6, 6.07) is 2.00. The van der Waals surface area contributed by atoms with E-state index >= 15 is 0 Å². The normalized spacial score (nSPS) is 26.6. The van der Waals surface area contributed by atoms with Gasteiger partial charge >= 0.3 is 0 Å². The molecule has 0 N–H and O–H groups in total. The van der Waals surface area contributed by atoms with Crippen molar-refractivity contribution in [2.45, 2.75) is 62.6 Å². The average molecular weight is 346 g/mol. The van der Waals surface area contributed by atoms with Crippen LogP contribution in [-0.4, -0.2) is 33.7 Å². The Balaban J connectivity index is 1.62. The molecule has 0 bridgehead atoms. The number of aromatic nitrogens is 4. The summed E-state index contributed by atoms with van der Waals surface area (Å²) in [6.45, 7) is 0.745. The van der Waals surface area contributed by atoms with Gasteiger partial charge in [-0.05, 0) is 31.7 Å². The van der Waals surface area contributed by atoms with Gasteiger partial charge in [0, 0.05) is 27.0 Å². The van der Waals surface area contributed by atoms with Gasteiger partial charge in [0.05, 0.1) is 11.6 Å². The second-order valence-electron chi connectivity index (χ2n) is 7.12. The van der Waals surface area contributed by atoms with Gasteiger partial charge < -0.3 is 13.9 Å². The predicted molar refractivity (Wildman–Crippen MR) is 89.9 cm³/mol. The minimum absolute atomic E-state index is 0.0582. The molecule has 0 aromatic carbocycles. The summed E-state index contributed by atoms with van der Waals surface area (Å²) in [5, 5.41) is 13.0. The van der Waals surface area contributed by atoms with Crippen molar-refractivity contribution in [2.75, 3.05) is 13.7 Å².